The van der Waals surface area contributed by atoms with E-state index in [0.29, 0.717) is 12.2 Å². The first-order valence-electron chi connectivity index (χ1n) is 3.58. The molecule has 2 rings (SSSR count). The molecule has 0 saturated carbocycles. The van der Waals surface area contributed by atoms with Crippen LogP contribution in [-0.4, -0.2) is 12.2 Å². The van der Waals surface area contributed by atoms with Gasteiger partial charge in [0.05, 0.1) is 12.2 Å². The van der Waals surface area contributed by atoms with E-state index in [9.17, 15) is 0 Å². The molecule has 2 atom stereocenters. The molecule has 1 aliphatic heterocycles. The fraction of sp³-hybridized carbons (Fsp3) is 0.750. The van der Waals surface area contributed by atoms with Crippen LogP contribution in [0.15, 0.2) is 0 Å². The van der Waals surface area contributed by atoms with Crippen molar-refractivity contribution in [2.75, 3.05) is 0 Å². The van der Waals surface area contributed by atoms with Crippen molar-refractivity contribution < 1.29 is 4.74 Å². The monoisotopic (exact) mass is 122 g/mol. The second-order valence-electron chi connectivity index (χ2n) is 2.64. The minimum atomic E-state index is 0.583. The van der Waals surface area contributed by atoms with E-state index >= 15 is 0 Å². The van der Waals surface area contributed by atoms with Crippen LogP contribution < -0.4 is 0 Å². The third kappa shape index (κ3) is 1.09. The maximum absolute atomic E-state index is 5.36. The van der Waals surface area contributed by atoms with E-state index in [1.807, 2.05) is 0 Å². The Bertz CT molecular complexity index is 147. The lowest BCUT2D eigenvalue weighted by Gasteiger charge is -1.91. The molecule has 0 N–H and O–H groups in total. The average Bonchev–Trinajstić information content (AvgIpc) is 2.46. The van der Waals surface area contributed by atoms with Crippen molar-refractivity contribution in [2.24, 2.45) is 0 Å². The Balaban J connectivity index is 1.95. The smallest absolute Gasteiger partial charge is 0.0851 e. The molecule has 9 heavy (non-hydrogen) atoms. The Morgan fingerprint density at radius 2 is 1.56 bits per heavy atom. The number of fused-ring (bicyclic) bond motifs is 1. The molecule has 1 saturated heterocycles. The van der Waals surface area contributed by atoms with Crippen molar-refractivity contribution in [2.45, 2.75) is 37.9 Å². The van der Waals surface area contributed by atoms with Gasteiger partial charge in [-0.05, 0) is 12.8 Å². The van der Waals surface area contributed by atoms with Crippen LogP contribution in [-0.2, 0) is 4.74 Å². The van der Waals surface area contributed by atoms with Crippen molar-refractivity contribution in [1.29, 1.82) is 0 Å². The van der Waals surface area contributed by atoms with E-state index < -0.39 is 0 Å². The Kier molecular flexibility index (Phi) is 1.20. The summed E-state index contributed by atoms with van der Waals surface area (Å²) in [7, 11) is 0. The molecule has 1 fully saturated rings. The van der Waals surface area contributed by atoms with Crippen LogP contribution in [0.4, 0.5) is 0 Å². The lowest BCUT2D eigenvalue weighted by molar-refractivity contribution is 0.359. The van der Waals surface area contributed by atoms with Crippen LogP contribution in [0, 0.1) is 11.8 Å². The van der Waals surface area contributed by atoms with Gasteiger partial charge < -0.3 is 4.74 Å². The quantitative estimate of drug-likeness (QED) is 0.349. The van der Waals surface area contributed by atoms with Gasteiger partial charge in [-0.1, -0.05) is 0 Å². The van der Waals surface area contributed by atoms with Crippen molar-refractivity contribution in [3.05, 3.63) is 0 Å². The van der Waals surface area contributed by atoms with E-state index in [-0.39, 0.29) is 0 Å². The van der Waals surface area contributed by atoms with Crippen LogP contribution >= 0.6 is 0 Å². The highest BCUT2D eigenvalue weighted by atomic mass is 16.6. The molecular weight excluding hydrogens is 112 g/mol. The van der Waals surface area contributed by atoms with Crippen molar-refractivity contribution in [3.63, 3.8) is 0 Å². The second-order valence-corrected chi connectivity index (χ2v) is 2.64. The van der Waals surface area contributed by atoms with Crippen LogP contribution in [0.5, 0.6) is 0 Å². The molecule has 0 aromatic carbocycles. The zero-order valence-corrected chi connectivity index (χ0v) is 5.39. The molecule has 0 bridgehead atoms. The van der Waals surface area contributed by atoms with Crippen LogP contribution in [0.25, 0.3) is 0 Å². The topological polar surface area (TPSA) is 12.5 Å². The molecule has 2 aliphatic rings. The van der Waals surface area contributed by atoms with E-state index in [2.05, 4.69) is 11.8 Å². The Morgan fingerprint density at radius 3 is 2.11 bits per heavy atom. The minimum Gasteiger partial charge on any atom is -0.370 e. The highest BCUT2D eigenvalue weighted by molar-refractivity contribution is 5.04. The summed E-state index contributed by atoms with van der Waals surface area (Å²) in [6.45, 7) is 0. The van der Waals surface area contributed by atoms with Crippen molar-refractivity contribution in [1.82, 2.24) is 0 Å². The first kappa shape index (κ1) is 5.32. The Morgan fingerprint density at radius 1 is 1.00 bits per heavy atom. The number of rotatable bonds is 0. The van der Waals surface area contributed by atoms with Gasteiger partial charge >= 0.3 is 0 Å². The largest absolute Gasteiger partial charge is 0.370 e. The fourth-order valence-electron chi connectivity index (χ4n) is 1.29. The first-order valence-corrected chi connectivity index (χ1v) is 3.58. The molecule has 0 spiro atoms. The Labute approximate surface area is 55.4 Å². The number of hydrogen-bond acceptors (Lipinski definition) is 1. The highest BCUT2D eigenvalue weighted by Crippen LogP contribution is 2.30. The number of ether oxygens (including phenoxy) is 1. The van der Waals surface area contributed by atoms with Gasteiger partial charge in [-0.3, -0.25) is 0 Å². The summed E-state index contributed by atoms with van der Waals surface area (Å²) in [4.78, 5) is 0. The molecule has 0 radical (unpaired) electrons. The summed E-state index contributed by atoms with van der Waals surface area (Å²) in [5.41, 5.74) is 0. The van der Waals surface area contributed by atoms with Gasteiger partial charge in [-0.2, -0.15) is 0 Å². The highest BCUT2D eigenvalue weighted by Gasteiger charge is 2.37. The molecular formula is C8H10O. The maximum atomic E-state index is 5.36. The van der Waals surface area contributed by atoms with Crippen LogP contribution in [0.1, 0.15) is 25.7 Å². The van der Waals surface area contributed by atoms with Gasteiger partial charge in [-0.25, -0.2) is 0 Å². The van der Waals surface area contributed by atoms with E-state index in [0.717, 1.165) is 25.7 Å². The predicted octanol–water partition coefficient (Wildman–Crippen LogP) is 1.33. The Hall–Kier alpha value is -0.480. The zero-order valence-electron chi connectivity index (χ0n) is 5.39. The molecule has 1 heteroatoms. The molecule has 0 unspecified atom stereocenters. The lowest BCUT2D eigenvalue weighted by atomic mass is 10.1. The van der Waals surface area contributed by atoms with E-state index in [1.54, 1.807) is 0 Å². The van der Waals surface area contributed by atoms with Gasteiger partial charge in [0.2, 0.25) is 0 Å². The van der Waals surface area contributed by atoms with E-state index in [4.69, 9.17) is 4.74 Å². The lowest BCUT2D eigenvalue weighted by Crippen LogP contribution is -1.94. The third-order valence-electron chi connectivity index (χ3n) is 1.92. The normalized spacial score (nSPS) is 39.1. The van der Waals surface area contributed by atoms with Crippen molar-refractivity contribution in [3.8, 4) is 11.8 Å². The summed E-state index contributed by atoms with van der Waals surface area (Å²) in [6.07, 6.45) is 5.58. The summed E-state index contributed by atoms with van der Waals surface area (Å²) < 4.78 is 5.36. The SMILES string of the molecule is C1#CCC[C@H]2O[C@H]2CC1. The molecule has 48 valence electrons. The number of epoxide rings is 1. The molecule has 0 aromatic heterocycles. The summed E-state index contributed by atoms with van der Waals surface area (Å²) >= 11 is 0. The maximum Gasteiger partial charge on any atom is 0.0851 e. The average molecular weight is 122 g/mol. The summed E-state index contributed by atoms with van der Waals surface area (Å²) in [6, 6.07) is 0. The van der Waals surface area contributed by atoms with Crippen LogP contribution in [0.2, 0.25) is 0 Å². The van der Waals surface area contributed by atoms with Gasteiger partial charge in [0.15, 0.2) is 0 Å². The van der Waals surface area contributed by atoms with E-state index in [1.165, 1.54) is 0 Å². The molecule has 0 aromatic rings. The first-order chi connectivity index (χ1) is 4.47. The molecule has 1 nitrogen and oxygen atoms in total. The molecule has 1 heterocycles. The molecule has 0 amide bonds. The van der Waals surface area contributed by atoms with Gasteiger partial charge in [0.1, 0.15) is 0 Å². The summed E-state index contributed by atoms with van der Waals surface area (Å²) in [5, 5.41) is 0. The number of hydrogen-bond donors (Lipinski definition) is 0. The third-order valence-corrected chi connectivity index (χ3v) is 1.92. The summed E-state index contributed by atoms with van der Waals surface area (Å²) in [5.74, 6) is 6.23. The standard InChI is InChI=1S/C8H10O/c1-2-4-6-8-7(9-8)5-3-1/h7-8H,3-6H2/t7-,8+. The van der Waals surface area contributed by atoms with Gasteiger partial charge in [0, 0.05) is 12.8 Å². The van der Waals surface area contributed by atoms with Crippen molar-refractivity contribution >= 4 is 0 Å². The fourth-order valence-corrected chi connectivity index (χ4v) is 1.29. The predicted molar refractivity (Wildman–Crippen MR) is 34.9 cm³/mol. The van der Waals surface area contributed by atoms with Crippen LogP contribution in [0.3, 0.4) is 0 Å². The minimum absolute atomic E-state index is 0.583. The second kappa shape index (κ2) is 2.04. The van der Waals surface area contributed by atoms with Gasteiger partial charge in [-0.15, -0.1) is 11.8 Å². The molecule has 1 aliphatic carbocycles. The van der Waals surface area contributed by atoms with Gasteiger partial charge in [0.25, 0.3) is 0 Å². The zero-order chi connectivity index (χ0) is 6.10.